The normalized spacial score (nSPS) is 18.0. The number of pyridine rings is 1. The van der Waals surface area contributed by atoms with Crippen molar-refractivity contribution in [1.29, 1.82) is 0 Å². The molecule has 2 aliphatic rings. The van der Waals surface area contributed by atoms with E-state index in [0.717, 1.165) is 44.1 Å². The Morgan fingerprint density at radius 2 is 1.88 bits per heavy atom. The van der Waals surface area contributed by atoms with Crippen LogP contribution in [0, 0.1) is 11.3 Å². The van der Waals surface area contributed by atoms with E-state index < -0.39 is 24.1 Å². The molecule has 1 saturated heterocycles. The highest BCUT2D eigenvalue weighted by atomic mass is 16.5. The van der Waals surface area contributed by atoms with Gasteiger partial charge in [-0.25, -0.2) is 9.59 Å². The summed E-state index contributed by atoms with van der Waals surface area (Å²) in [6.45, 7) is 6.86. The number of carbonyl (C=O) groups excluding carboxylic acids is 2. The molecule has 11 heteroatoms. The first-order chi connectivity index (χ1) is 20.5. The number of carbonyl (C=O) groups is 3. The number of hydrogen-bond donors (Lipinski definition) is 3. The molecule has 0 spiro atoms. The van der Waals surface area contributed by atoms with Crippen LogP contribution >= 0.6 is 0 Å². The van der Waals surface area contributed by atoms with Crippen LogP contribution in [0.25, 0.3) is 10.9 Å². The van der Waals surface area contributed by atoms with Crippen LogP contribution in [0.2, 0.25) is 0 Å². The van der Waals surface area contributed by atoms with Crippen LogP contribution in [0.4, 0.5) is 4.79 Å². The first-order valence-corrected chi connectivity index (χ1v) is 15.4. The SMILES string of the molecule is CCOc1cc(=O)c2cc(CCCC(C)(C)COC(=O)N[C@H](C(=O)N3CCCC3C(=O)O)C3CCCC3)c(OC)cc2[nH]1. The number of carboxylic acid groups (broad SMARTS) is 1. The molecule has 2 heterocycles. The Balaban J connectivity index is 1.34. The highest BCUT2D eigenvalue weighted by Crippen LogP contribution is 2.32. The maximum absolute atomic E-state index is 13.4. The van der Waals surface area contributed by atoms with Gasteiger partial charge >= 0.3 is 12.1 Å². The van der Waals surface area contributed by atoms with Crippen molar-refractivity contribution < 1.29 is 33.7 Å². The summed E-state index contributed by atoms with van der Waals surface area (Å²) in [7, 11) is 1.60. The number of aromatic amines is 1. The highest BCUT2D eigenvalue weighted by molar-refractivity contribution is 5.90. The fraction of sp³-hybridized carbons (Fsp3) is 0.625. The number of aromatic nitrogens is 1. The van der Waals surface area contributed by atoms with E-state index in [9.17, 15) is 24.3 Å². The van der Waals surface area contributed by atoms with E-state index in [4.69, 9.17) is 14.2 Å². The van der Waals surface area contributed by atoms with Gasteiger partial charge in [0.15, 0.2) is 11.3 Å². The topological polar surface area (TPSA) is 147 Å². The van der Waals surface area contributed by atoms with Crippen molar-refractivity contribution in [2.75, 3.05) is 26.9 Å². The fourth-order valence-electron chi connectivity index (χ4n) is 6.31. The molecule has 1 aromatic heterocycles. The molecule has 2 amide bonds. The number of aliphatic carboxylic acids is 1. The second-order valence-electron chi connectivity index (χ2n) is 12.4. The average Bonchev–Trinajstić information content (AvgIpc) is 3.68. The largest absolute Gasteiger partial charge is 0.496 e. The van der Waals surface area contributed by atoms with E-state index in [1.54, 1.807) is 7.11 Å². The minimum absolute atomic E-state index is 0.0296. The number of alkyl carbamates (subject to hydrolysis) is 1. The van der Waals surface area contributed by atoms with Gasteiger partial charge in [-0.05, 0) is 74.8 Å². The van der Waals surface area contributed by atoms with Gasteiger partial charge in [-0.1, -0.05) is 26.7 Å². The van der Waals surface area contributed by atoms with Gasteiger partial charge in [-0.3, -0.25) is 9.59 Å². The van der Waals surface area contributed by atoms with Crippen molar-refractivity contribution in [1.82, 2.24) is 15.2 Å². The number of benzene rings is 1. The van der Waals surface area contributed by atoms with Gasteiger partial charge in [0.25, 0.3) is 0 Å². The number of fused-ring (bicyclic) bond motifs is 1. The molecule has 2 aromatic rings. The predicted molar refractivity (Wildman–Crippen MR) is 162 cm³/mol. The van der Waals surface area contributed by atoms with Gasteiger partial charge in [-0.15, -0.1) is 0 Å². The average molecular weight is 600 g/mol. The van der Waals surface area contributed by atoms with Crippen molar-refractivity contribution in [3.63, 3.8) is 0 Å². The standard InChI is InChI=1S/C32H45N3O8/c1-5-42-27-18-25(36)22-16-21(26(41-4)17-23(22)33-27)12-8-14-32(2,3)19-43-31(40)34-28(20-10-6-7-11-20)29(37)35-15-9-13-24(35)30(38)39/h16-18,20,24,28H,5-15,19H2,1-4H3,(H,33,36)(H,34,40)(H,38,39)/t24?,28-/m0/s1. The smallest absolute Gasteiger partial charge is 0.407 e. The third-order valence-corrected chi connectivity index (χ3v) is 8.63. The van der Waals surface area contributed by atoms with Crippen LogP contribution < -0.4 is 20.2 Å². The van der Waals surface area contributed by atoms with Crippen molar-refractivity contribution >= 4 is 28.9 Å². The number of carboxylic acids is 1. The summed E-state index contributed by atoms with van der Waals surface area (Å²) in [5.41, 5.74) is 1.09. The molecule has 1 saturated carbocycles. The first kappa shape index (κ1) is 32.2. The Bertz CT molecular complexity index is 1360. The summed E-state index contributed by atoms with van der Waals surface area (Å²) in [4.78, 5) is 55.2. The third kappa shape index (κ3) is 8.00. The van der Waals surface area contributed by atoms with Gasteiger partial charge in [0.2, 0.25) is 5.91 Å². The summed E-state index contributed by atoms with van der Waals surface area (Å²) in [5.74, 6) is -0.275. The molecule has 2 atom stereocenters. The minimum atomic E-state index is -1.01. The summed E-state index contributed by atoms with van der Waals surface area (Å²) in [6.07, 6.45) is 6.14. The van der Waals surface area contributed by atoms with E-state index in [1.807, 2.05) is 32.9 Å². The lowest BCUT2D eigenvalue weighted by atomic mass is 9.87. The van der Waals surface area contributed by atoms with Crippen LogP contribution in [0.15, 0.2) is 23.0 Å². The molecule has 1 aliphatic carbocycles. The van der Waals surface area contributed by atoms with Gasteiger partial charge in [-0.2, -0.15) is 0 Å². The minimum Gasteiger partial charge on any atom is -0.496 e. The molecule has 4 rings (SSSR count). The van der Waals surface area contributed by atoms with Crippen molar-refractivity contribution in [2.24, 2.45) is 11.3 Å². The summed E-state index contributed by atoms with van der Waals surface area (Å²) >= 11 is 0. The van der Waals surface area contributed by atoms with Gasteiger partial charge in [0.05, 0.1) is 25.8 Å². The zero-order valence-corrected chi connectivity index (χ0v) is 25.7. The summed E-state index contributed by atoms with van der Waals surface area (Å²) < 4.78 is 16.7. The summed E-state index contributed by atoms with van der Waals surface area (Å²) in [5, 5.41) is 12.9. The molecule has 0 bridgehead atoms. The van der Waals surface area contributed by atoms with Gasteiger partial charge in [0.1, 0.15) is 17.8 Å². The zero-order chi connectivity index (χ0) is 31.1. The predicted octanol–water partition coefficient (Wildman–Crippen LogP) is 4.64. The number of hydrogen-bond acceptors (Lipinski definition) is 7. The molecule has 1 unspecified atom stereocenters. The lowest BCUT2D eigenvalue weighted by Crippen LogP contribution is -2.54. The molecule has 1 aromatic carbocycles. The highest BCUT2D eigenvalue weighted by Gasteiger charge is 2.41. The van der Waals surface area contributed by atoms with E-state index >= 15 is 0 Å². The molecule has 11 nitrogen and oxygen atoms in total. The lowest BCUT2D eigenvalue weighted by molar-refractivity contribution is -0.149. The molecule has 2 fully saturated rings. The molecule has 236 valence electrons. The molecule has 43 heavy (non-hydrogen) atoms. The molecule has 0 radical (unpaired) electrons. The lowest BCUT2D eigenvalue weighted by Gasteiger charge is -2.31. The Kier molecular flexibility index (Phi) is 10.6. The quantitative estimate of drug-likeness (QED) is 0.302. The van der Waals surface area contributed by atoms with Crippen LogP contribution in [0.1, 0.15) is 77.7 Å². The molecular weight excluding hydrogens is 554 g/mol. The Hall–Kier alpha value is -3.76. The maximum Gasteiger partial charge on any atom is 0.407 e. The van der Waals surface area contributed by atoms with Gasteiger partial charge in [0, 0.05) is 24.1 Å². The van der Waals surface area contributed by atoms with Crippen molar-refractivity contribution in [2.45, 2.75) is 90.6 Å². The number of ether oxygens (including phenoxy) is 3. The molecular formula is C32H45N3O8. The van der Waals surface area contributed by atoms with Crippen molar-refractivity contribution in [3.05, 3.63) is 34.0 Å². The first-order valence-electron chi connectivity index (χ1n) is 15.4. The number of amides is 2. The number of rotatable bonds is 13. The number of methoxy groups -OCH3 is 1. The fourth-order valence-corrected chi connectivity index (χ4v) is 6.31. The summed E-state index contributed by atoms with van der Waals surface area (Å²) in [6, 6.07) is 3.49. The number of H-pyrrole nitrogens is 1. The number of nitrogens with zero attached hydrogens (tertiary/aromatic N) is 1. The number of likely N-dealkylation sites (tertiary alicyclic amines) is 1. The molecule has 1 aliphatic heterocycles. The van der Waals surface area contributed by atoms with Crippen molar-refractivity contribution in [3.8, 4) is 11.6 Å². The number of aryl methyl sites for hydroxylation is 1. The monoisotopic (exact) mass is 599 g/mol. The number of nitrogens with one attached hydrogen (secondary N) is 2. The second-order valence-corrected chi connectivity index (χ2v) is 12.4. The molecule has 3 N–H and O–H groups in total. The van der Waals surface area contributed by atoms with Crippen LogP contribution in [0.5, 0.6) is 11.6 Å². The second kappa shape index (κ2) is 14.1. The maximum atomic E-state index is 13.4. The third-order valence-electron chi connectivity index (χ3n) is 8.63. The van der Waals surface area contributed by atoms with E-state index in [0.29, 0.717) is 54.9 Å². The Morgan fingerprint density at radius 3 is 2.56 bits per heavy atom. The zero-order valence-electron chi connectivity index (χ0n) is 25.7. The van der Waals surface area contributed by atoms with Gasteiger partial charge < -0.3 is 34.5 Å². The van der Waals surface area contributed by atoms with Crippen LogP contribution in [0.3, 0.4) is 0 Å². The van der Waals surface area contributed by atoms with Crippen LogP contribution in [-0.4, -0.2) is 71.9 Å². The Morgan fingerprint density at radius 1 is 1.14 bits per heavy atom. The van der Waals surface area contributed by atoms with E-state index in [-0.39, 0.29) is 29.3 Å². The Labute approximate surface area is 252 Å². The van der Waals surface area contributed by atoms with Crippen LogP contribution in [-0.2, 0) is 20.7 Å². The van der Waals surface area contributed by atoms with E-state index in [1.165, 1.54) is 11.0 Å². The van der Waals surface area contributed by atoms with E-state index in [2.05, 4.69) is 10.3 Å².